The Morgan fingerprint density at radius 2 is 0.900 bits per heavy atom. The number of benzene rings is 2. The van der Waals surface area contributed by atoms with Gasteiger partial charge in [0.25, 0.3) is 20.2 Å². The second kappa shape index (κ2) is 8.65. The number of rotatable bonds is 7. The predicted molar refractivity (Wildman–Crippen MR) is 108 cm³/mol. The molecule has 10 nitrogen and oxygen atoms in total. The van der Waals surface area contributed by atoms with Crippen LogP contribution in [0.4, 0.5) is 0 Å². The van der Waals surface area contributed by atoms with E-state index in [0.717, 1.165) is 12.1 Å². The van der Waals surface area contributed by atoms with E-state index < -0.39 is 40.1 Å². The zero-order valence-corrected chi connectivity index (χ0v) is 19.0. The summed E-state index contributed by atoms with van der Waals surface area (Å²) in [6.07, 6.45) is 0. The third-order valence-corrected chi connectivity index (χ3v) is 6.68. The van der Waals surface area contributed by atoms with Crippen molar-refractivity contribution in [3.8, 4) is 34.1 Å². The fraction of sp³-hybridized carbons (Fsp3) is 0.250. The minimum atomic E-state index is -4.84. The monoisotopic (exact) mass is 502 g/mol. The summed E-state index contributed by atoms with van der Waals surface area (Å²) in [5.74, 6) is -0.792. The van der Waals surface area contributed by atoms with E-state index in [9.17, 15) is 25.9 Å². The van der Waals surface area contributed by atoms with Gasteiger partial charge in [-0.2, -0.15) is 16.8 Å². The minimum absolute atomic E-state index is 0.122. The van der Waals surface area contributed by atoms with Crippen molar-refractivity contribution in [2.24, 2.45) is 0 Å². The van der Waals surface area contributed by atoms with Crippen LogP contribution in [0, 0.1) is 0 Å². The van der Waals surface area contributed by atoms with E-state index in [1.54, 1.807) is 0 Å². The zero-order chi connectivity index (χ0) is 23.0. The third-order valence-electron chi connectivity index (χ3n) is 3.95. The first kappa shape index (κ1) is 24.3. The Balaban J connectivity index is 3.18. The van der Waals surface area contributed by atoms with E-state index in [1.807, 2.05) is 0 Å². The topological polar surface area (TPSA) is 146 Å². The Kier molecular flexibility index (Phi) is 7.01. The van der Waals surface area contributed by atoms with Crippen LogP contribution in [0.2, 0.25) is 10.0 Å². The standard InChI is InChI=1S/C16H16Cl2O10S2/c1-25-13-7(5-9(29(19,20)21)11(17)15(13)27-3)8-6-10(30(22,23)24)12(18)16(28-4)14(8)26-2/h5-6H,1-4H3,(H,19,20,21)(H,22,23,24). The van der Waals surface area contributed by atoms with Gasteiger partial charge in [0.05, 0.1) is 28.4 Å². The van der Waals surface area contributed by atoms with Crippen LogP contribution >= 0.6 is 23.2 Å². The van der Waals surface area contributed by atoms with Gasteiger partial charge in [-0.1, -0.05) is 23.2 Å². The van der Waals surface area contributed by atoms with E-state index in [4.69, 9.17) is 42.1 Å². The largest absolute Gasteiger partial charge is 0.492 e. The number of hydrogen-bond donors (Lipinski definition) is 2. The zero-order valence-electron chi connectivity index (χ0n) is 15.9. The first-order valence-corrected chi connectivity index (χ1v) is 11.3. The molecule has 2 rings (SSSR count). The van der Waals surface area contributed by atoms with Gasteiger partial charge in [0.2, 0.25) is 0 Å². The van der Waals surface area contributed by atoms with E-state index >= 15 is 0 Å². The lowest BCUT2D eigenvalue weighted by atomic mass is 10.0. The van der Waals surface area contributed by atoms with Crippen LogP contribution in [0.3, 0.4) is 0 Å². The van der Waals surface area contributed by atoms with Crippen molar-refractivity contribution >= 4 is 43.4 Å². The normalized spacial score (nSPS) is 11.9. The summed E-state index contributed by atoms with van der Waals surface area (Å²) in [6, 6.07) is 1.83. The molecule has 2 aromatic rings. The van der Waals surface area contributed by atoms with Crippen LogP contribution in [0.1, 0.15) is 0 Å². The average Bonchev–Trinajstić information content (AvgIpc) is 2.64. The molecule has 2 aromatic carbocycles. The molecule has 30 heavy (non-hydrogen) atoms. The van der Waals surface area contributed by atoms with Crippen LogP contribution in [0.15, 0.2) is 21.9 Å². The quantitative estimate of drug-likeness (QED) is 0.540. The van der Waals surface area contributed by atoms with Crippen molar-refractivity contribution < 1.29 is 44.9 Å². The molecular weight excluding hydrogens is 487 g/mol. The Hall–Kier alpha value is -1.96. The maximum absolute atomic E-state index is 11.8. The smallest absolute Gasteiger partial charge is 0.296 e. The van der Waals surface area contributed by atoms with Gasteiger partial charge < -0.3 is 18.9 Å². The first-order chi connectivity index (χ1) is 13.8. The highest BCUT2D eigenvalue weighted by atomic mass is 35.5. The molecule has 0 amide bonds. The maximum Gasteiger partial charge on any atom is 0.296 e. The second-order valence-corrected chi connectivity index (χ2v) is 9.09. The summed E-state index contributed by atoms with van der Waals surface area (Å²) in [7, 11) is -4.90. The van der Waals surface area contributed by atoms with Crippen LogP contribution in [0.25, 0.3) is 11.1 Å². The Morgan fingerprint density at radius 1 is 0.633 bits per heavy atom. The highest BCUT2D eigenvalue weighted by Gasteiger charge is 2.31. The summed E-state index contributed by atoms with van der Waals surface area (Å²) in [6.45, 7) is 0. The van der Waals surface area contributed by atoms with E-state index in [2.05, 4.69) is 0 Å². The van der Waals surface area contributed by atoms with Gasteiger partial charge >= 0.3 is 0 Å². The van der Waals surface area contributed by atoms with Crippen molar-refractivity contribution in [2.75, 3.05) is 28.4 Å². The number of hydrogen-bond acceptors (Lipinski definition) is 8. The molecule has 0 aliphatic carbocycles. The molecule has 0 aliphatic rings. The minimum Gasteiger partial charge on any atom is -0.492 e. The number of ether oxygens (including phenoxy) is 4. The Morgan fingerprint density at radius 3 is 1.10 bits per heavy atom. The molecule has 0 unspecified atom stereocenters. The summed E-state index contributed by atoms with van der Waals surface area (Å²) >= 11 is 12.1. The summed E-state index contributed by atoms with van der Waals surface area (Å²) < 4.78 is 87.2. The fourth-order valence-electron chi connectivity index (χ4n) is 2.73. The molecule has 0 saturated carbocycles. The van der Waals surface area contributed by atoms with E-state index in [-0.39, 0.29) is 34.1 Å². The SMILES string of the molecule is COc1c(-c2cc(S(=O)(=O)O)c(Cl)c(OC)c2OC)cc(S(=O)(=O)O)c(Cl)c1OC. The molecule has 0 atom stereocenters. The van der Waals surface area contributed by atoms with Crippen LogP contribution in [-0.2, 0) is 20.2 Å². The van der Waals surface area contributed by atoms with Gasteiger partial charge in [-0.3, -0.25) is 9.11 Å². The lowest BCUT2D eigenvalue weighted by Crippen LogP contribution is -2.06. The van der Waals surface area contributed by atoms with Gasteiger partial charge in [0.1, 0.15) is 19.8 Å². The van der Waals surface area contributed by atoms with Gasteiger partial charge in [0, 0.05) is 11.1 Å². The molecule has 0 aromatic heterocycles. The molecule has 0 spiro atoms. The highest BCUT2D eigenvalue weighted by Crippen LogP contribution is 2.52. The molecule has 0 fully saturated rings. The van der Waals surface area contributed by atoms with Crippen molar-refractivity contribution in [1.82, 2.24) is 0 Å². The van der Waals surface area contributed by atoms with Gasteiger partial charge in [0.15, 0.2) is 23.0 Å². The number of halogens is 2. The second-order valence-electron chi connectivity index (χ2n) is 5.56. The van der Waals surface area contributed by atoms with Gasteiger partial charge in [-0.05, 0) is 12.1 Å². The molecule has 0 radical (unpaired) electrons. The van der Waals surface area contributed by atoms with E-state index in [1.165, 1.54) is 28.4 Å². The average molecular weight is 503 g/mol. The molecule has 166 valence electrons. The van der Waals surface area contributed by atoms with Crippen LogP contribution < -0.4 is 18.9 Å². The molecule has 0 bridgehead atoms. The molecule has 2 N–H and O–H groups in total. The van der Waals surface area contributed by atoms with Crippen LogP contribution in [0.5, 0.6) is 23.0 Å². The molecule has 0 saturated heterocycles. The Bertz CT molecular complexity index is 1110. The predicted octanol–water partition coefficient (Wildman–Crippen LogP) is 3.19. The molecule has 14 heteroatoms. The molecular formula is C16H16Cl2O10S2. The van der Waals surface area contributed by atoms with Crippen molar-refractivity contribution in [1.29, 1.82) is 0 Å². The summed E-state index contributed by atoms with van der Waals surface area (Å²) in [5, 5.41) is -0.953. The van der Waals surface area contributed by atoms with Crippen molar-refractivity contribution in [3.63, 3.8) is 0 Å². The summed E-state index contributed by atoms with van der Waals surface area (Å²) in [4.78, 5) is -1.50. The van der Waals surface area contributed by atoms with Crippen molar-refractivity contribution in [2.45, 2.75) is 9.79 Å². The van der Waals surface area contributed by atoms with E-state index in [0.29, 0.717) is 0 Å². The molecule has 0 heterocycles. The highest BCUT2D eigenvalue weighted by molar-refractivity contribution is 7.86. The lowest BCUT2D eigenvalue weighted by molar-refractivity contribution is 0.350. The summed E-state index contributed by atoms with van der Waals surface area (Å²) in [5.41, 5.74) is -0.244. The van der Waals surface area contributed by atoms with Gasteiger partial charge in [-0.25, -0.2) is 0 Å². The maximum atomic E-state index is 11.8. The Labute approximate surface area is 182 Å². The van der Waals surface area contributed by atoms with Gasteiger partial charge in [-0.15, -0.1) is 0 Å². The van der Waals surface area contributed by atoms with Crippen LogP contribution in [-0.4, -0.2) is 54.4 Å². The molecule has 0 aliphatic heterocycles. The first-order valence-electron chi connectivity index (χ1n) is 7.67. The van der Waals surface area contributed by atoms with Crippen molar-refractivity contribution in [3.05, 3.63) is 22.2 Å². The third kappa shape index (κ3) is 4.24. The fourth-order valence-corrected chi connectivity index (χ4v) is 4.93. The number of methoxy groups -OCH3 is 4. The lowest BCUT2D eigenvalue weighted by Gasteiger charge is -2.20.